The van der Waals surface area contributed by atoms with Gasteiger partial charge in [0.25, 0.3) is 5.91 Å². The van der Waals surface area contributed by atoms with Crippen molar-refractivity contribution in [1.29, 1.82) is 0 Å². The molecule has 1 amide bonds. The van der Waals surface area contributed by atoms with Gasteiger partial charge in [0.15, 0.2) is 6.10 Å². The van der Waals surface area contributed by atoms with Gasteiger partial charge in [0, 0.05) is 37.4 Å². The number of esters is 1. The van der Waals surface area contributed by atoms with Crippen LogP contribution >= 0.6 is 0 Å². The van der Waals surface area contributed by atoms with Gasteiger partial charge in [-0.3, -0.25) is 9.59 Å². The van der Waals surface area contributed by atoms with E-state index in [1.165, 1.54) is 0 Å². The van der Waals surface area contributed by atoms with Gasteiger partial charge >= 0.3 is 5.97 Å². The van der Waals surface area contributed by atoms with Crippen LogP contribution in [0.1, 0.15) is 12.5 Å². The van der Waals surface area contributed by atoms with Gasteiger partial charge in [-0.25, -0.2) is 0 Å². The maximum atomic E-state index is 12.7. The highest BCUT2D eigenvalue weighted by atomic mass is 16.5. The van der Waals surface area contributed by atoms with Crippen molar-refractivity contribution in [2.75, 3.05) is 38.2 Å². The fourth-order valence-corrected chi connectivity index (χ4v) is 3.37. The molecule has 6 heteroatoms. The number of amides is 1. The van der Waals surface area contributed by atoms with E-state index >= 15 is 0 Å². The molecule has 0 spiro atoms. The molecule has 1 fully saturated rings. The SMILES string of the molecule is COc1ccccc1CC(=O)O[C@H](C)C(=O)N1CCN(c2ccccc2)CC1. The van der Waals surface area contributed by atoms with Crippen LogP contribution in [0.2, 0.25) is 0 Å². The summed E-state index contributed by atoms with van der Waals surface area (Å²) in [4.78, 5) is 28.9. The topological polar surface area (TPSA) is 59.1 Å². The summed E-state index contributed by atoms with van der Waals surface area (Å²) in [5, 5.41) is 0. The van der Waals surface area contributed by atoms with Gasteiger partial charge in [-0.2, -0.15) is 0 Å². The number of para-hydroxylation sites is 2. The van der Waals surface area contributed by atoms with Crippen LogP contribution in [0.4, 0.5) is 5.69 Å². The van der Waals surface area contributed by atoms with Gasteiger partial charge in [-0.15, -0.1) is 0 Å². The maximum Gasteiger partial charge on any atom is 0.311 e. The lowest BCUT2D eigenvalue weighted by Crippen LogP contribution is -2.51. The summed E-state index contributed by atoms with van der Waals surface area (Å²) in [5.74, 6) is 0.0461. The summed E-state index contributed by atoms with van der Waals surface area (Å²) in [6.07, 6.45) is -0.728. The Bertz CT molecular complexity index is 801. The third-order valence-electron chi connectivity index (χ3n) is 4.90. The highest BCUT2D eigenvalue weighted by Gasteiger charge is 2.27. The minimum Gasteiger partial charge on any atom is -0.496 e. The quantitative estimate of drug-likeness (QED) is 0.719. The molecule has 28 heavy (non-hydrogen) atoms. The molecule has 0 aromatic heterocycles. The van der Waals surface area contributed by atoms with Crippen LogP contribution < -0.4 is 9.64 Å². The molecule has 0 bridgehead atoms. The number of nitrogens with zero attached hydrogens (tertiary/aromatic N) is 2. The molecule has 1 heterocycles. The number of benzene rings is 2. The van der Waals surface area contributed by atoms with E-state index in [4.69, 9.17) is 9.47 Å². The zero-order valence-corrected chi connectivity index (χ0v) is 16.3. The van der Waals surface area contributed by atoms with E-state index in [9.17, 15) is 9.59 Å². The number of carbonyl (C=O) groups excluding carboxylic acids is 2. The Balaban J connectivity index is 1.50. The third kappa shape index (κ3) is 4.82. The van der Waals surface area contributed by atoms with Gasteiger partial charge < -0.3 is 19.3 Å². The number of piperazine rings is 1. The van der Waals surface area contributed by atoms with Gasteiger partial charge in [-0.1, -0.05) is 36.4 Å². The second-order valence-corrected chi connectivity index (χ2v) is 6.77. The van der Waals surface area contributed by atoms with Crippen LogP contribution in [0.5, 0.6) is 5.75 Å². The summed E-state index contributed by atoms with van der Waals surface area (Å²) >= 11 is 0. The molecule has 1 atom stereocenters. The fraction of sp³-hybridized carbons (Fsp3) is 0.364. The average Bonchev–Trinajstić information content (AvgIpc) is 2.74. The van der Waals surface area contributed by atoms with E-state index in [2.05, 4.69) is 17.0 Å². The molecule has 2 aromatic rings. The van der Waals surface area contributed by atoms with E-state index < -0.39 is 12.1 Å². The Morgan fingerprint density at radius 1 is 0.964 bits per heavy atom. The Kier molecular flexibility index (Phi) is 6.53. The minimum atomic E-state index is -0.800. The molecular weight excluding hydrogens is 356 g/mol. The van der Waals surface area contributed by atoms with Crippen LogP contribution in [0.15, 0.2) is 54.6 Å². The van der Waals surface area contributed by atoms with Gasteiger partial charge in [0.05, 0.1) is 13.5 Å². The first-order chi connectivity index (χ1) is 13.6. The number of hydrogen-bond acceptors (Lipinski definition) is 5. The lowest BCUT2D eigenvalue weighted by molar-refractivity contribution is -0.158. The summed E-state index contributed by atoms with van der Waals surface area (Å²) in [5.41, 5.74) is 1.90. The van der Waals surface area contributed by atoms with E-state index in [1.807, 2.05) is 36.4 Å². The molecule has 2 aromatic carbocycles. The fourth-order valence-electron chi connectivity index (χ4n) is 3.37. The minimum absolute atomic E-state index is 0.0728. The van der Waals surface area contributed by atoms with Crippen molar-refractivity contribution in [3.8, 4) is 5.75 Å². The van der Waals surface area contributed by atoms with Crippen LogP contribution in [0, 0.1) is 0 Å². The average molecular weight is 382 g/mol. The lowest BCUT2D eigenvalue weighted by atomic mass is 10.1. The predicted molar refractivity (Wildman–Crippen MR) is 107 cm³/mol. The highest BCUT2D eigenvalue weighted by Crippen LogP contribution is 2.19. The third-order valence-corrected chi connectivity index (χ3v) is 4.90. The van der Waals surface area contributed by atoms with Crippen LogP contribution in [-0.4, -0.2) is 56.2 Å². The first kappa shape index (κ1) is 19.7. The molecule has 1 saturated heterocycles. The molecule has 0 radical (unpaired) electrons. The molecule has 0 unspecified atom stereocenters. The number of methoxy groups -OCH3 is 1. The van der Waals surface area contributed by atoms with Crippen molar-refractivity contribution in [3.63, 3.8) is 0 Å². The molecule has 0 N–H and O–H groups in total. The normalized spacial score (nSPS) is 15.1. The zero-order chi connectivity index (χ0) is 19.9. The molecule has 0 aliphatic carbocycles. The summed E-state index contributed by atoms with van der Waals surface area (Å²) in [6.45, 7) is 4.38. The molecule has 148 valence electrons. The van der Waals surface area contributed by atoms with Crippen molar-refractivity contribution in [1.82, 2.24) is 4.90 Å². The van der Waals surface area contributed by atoms with Crippen molar-refractivity contribution < 1.29 is 19.1 Å². The Hall–Kier alpha value is -3.02. The van der Waals surface area contributed by atoms with Crippen LogP contribution in [0.25, 0.3) is 0 Å². The summed E-state index contributed by atoms with van der Waals surface area (Å²) < 4.78 is 10.6. The number of hydrogen-bond donors (Lipinski definition) is 0. The number of ether oxygens (including phenoxy) is 2. The standard InChI is InChI=1S/C22H26N2O4/c1-17(28-21(25)16-18-8-6-7-11-20(18)27-2)22(26)24-14-12-23(13-15-24)19-9-4-3-5-10-19/h3-11,17H,12-16H2,1-2H3/t17-/m1/s1. The van der Waals surface area contributed by atoms with Crippen LogP contribution in [0.3, 0.4) is 0 Å². The lowest BCUT2D eigenvalue weighted by Gasteiger charge is -2.37. The second-order valence-electron chi connectivity index (χ2n) is 6.77. The van der Waals surface area contributed by atoms with E-state index in [1.54, 1.807) is 25.0 Å². The first-order valence-corrected chi connectivity index (χ1v) is 9.48. The Morgan fingerprint density at radius 2 is 1.61 bits per heavy atom. The number of rotatable bonds is 6. The van der Waals surface area contributed by atoms with Crippen LogP contribution in [-0.2, 0) is 20.7 Å². The summed E-state index contributed by atoms with van der Waals surface area (Å²) in [6, 6.07) is 17.4. The predicted octanol–water partition coefficient (Wildman–Crippen LogP) is 2.52. The second kappa shape index (κ2) is 9.26. The van der Waals surface area contributed by atoms with E-state index in [0.717, 1.165) is 24.3 Å². The van der Waals surface area contributed by atoms with Gasteiger partial charge in [0.1, 0.15) is 5.75 Å². The number of anilines is 1. The molecular formula is C22H26N2O4. The van der Waals surface area contributed by atoms with Crippen molar-refractivity contribution >= 4 is 17.6 Å². The highest BCUT2D eigenvalue weighted by molar-refractivity contribution is 5.84. The van der Waals surface area contributed by atoms with E-state index in [0.29, 0.717) is 18.8 Å². The van der Waals surface area contributed by atoms with Gasteiger partial charge in [0.2, 0.25) is 0 Å². The van der Waals surface area contributed by atoms with Crippen molar-refractivity contribution in [2.24, 2.45) is 0 Å². The first-order valence-electron chi connectivity index (χ1n) is 9.48. The van der Waals surface area contributed by atoms with Crippen molar-refractivity contribution in [2.45, 2.75) is 19.4 Å². The zero-order valence-electron chi connectivity index (χ0n) is 16.3. The molecule has 3 rings (SSSR count). The van der Waals surface area contributed by atoms with E-state index in [-0.39, 0.29) is 12.3 Å². The molecule has 1 aliphatic rings. The van der Waals surface area contributed by atoms with Gasteiger partial charge in [-0.05, 0) is 25.1 Å². The maximum absolute atomic E-state index is 12.7. The Morgan fingerprint density at radius 3 is 2.29 bits per heavy atom. The smallest absolute Gasteiger partial charge is 0.311 e. The largest absolute Gasteiger partial charge is 0.496 e. The number of carbonyl (C=O) groups is 2. The summed E-state index contributed by atoms with van der Waals surface area (Å²) in [7, 11) is 1.56. The van der Waals surface area contributed by atoms with Crippen molar-refractivity contribution in [3.05, 3.63) is 60.2 Å². The molecule has 6 nitrogen and oxygen atoms in total. The molecule has 0 saturated carbocycles. The Labute approximate surface area is 165 Å². The monoisotopic (exact) mass is 382 g/mol. The molecule has 1 aliphatic heterocycles.